The average molecular weight is 343 g/mol. The summed E-state index contributed by atoms with van der Waals surface area (Å²) in [7, 11) is 0. The van der Waals surface area contributed by atoms with Crippen LogP contribution in [0.25, 0.3) is 0 Å². The first-order chi connectivity index (χ1) is 12.1. The largest absolute Gasteiger partial charge is 0.381 e. The van der Waals surface area contributed by atoms with E-state index in [-0.39, 0.29) is 29.8 Å². The molecule has 25 heavy (non-hydrogen) atoms. The molecule has 0 radical (unpaired) electrons. The molecular formula is C19H25N3O3. The Morgan fingerprint density at radius 2 is 1.84 bits per heavy atom. The average Bonchev–Trinajstić information content (AvgIpc) is 3.03. The smallest absolute Gasteiger partial charge is 0.237 e. The molecule has 1 aromatic carbocycles. The number of hydrogen-bond donors (Lipinski definition) is 1. The zero-order valence-electron chi connectivity index (χ0n) is 14.3. The Morgan fingerprint density at radius 1 is 1.12 bits per heavy atom. The van der Waals surface area contributed by atoms with Crippen LogP contribution in [-0.2, 0) is 14.3 Å². The fraction of sp³-hybridized carbons (Fsp3) is 0.579. The van der Waals surface area contributed by atoms with Crippen molar-refractivity contribution in [3.05, 3.63) is 35.9 Å². The summed E-state index contributed by atoms with van der Waals surface area (Å²) in [6, 6.07) is 10.1. The molecule has 134 valence electrons. The number of piperazine rings is 1. The van der Waals surface area contributed by atoms with Crippen LogP contribution in [-0.4, -0.2) is 60.0 Å². The molecule has 4 rings (SSSR count). The van der Waals surface area contributed by atoms with Gasteiger partial charge in [-0.25, -0.2) is 0 Å². The van der Waals surface area contributed by atoms with E-state index in [0.717, 1.165) is 38.2 Å². The third kappa shape index (κ3) is 3.04. The molecule has 3 aliphatic rings. The summed E-state index contributed by atoms with van der Waals surface area (Å²) in [5.74, 6) is -0.514. The first-order valence-corrected chi connectivity index (χ1v) is 9.12. The third-order valence-corrected chi connectivity index (χ3v) is 5.89. The molecule has 2 amide bonds. The Hall–Kier alpha value is -1.92. The lowest BCUT2D eigenvalue weighted by molar-refractivity contribution is -0.143. The molecule has 0 unspecified atom stereocenters. The molecule has 0 bridgehead atoms. The topological polar surface area (TPSA) is 75.9 Å². The van der Waals surface area contributed by atoms with Crippen molar-refractivity contribution < 1.29 is 14.3 Å². The van der Waals surface area contributed by atoms with Crippen molar-refractivity contribution in [2.24, 2.45) is 11.7 Å². The Bertz CT molecular complexity index is 645. The lowest BCUT2D eigenvalue weighted by Gasteiger charge is -2.44. The number of carbonyl (C=O) groups is 2. The fourth-order valence-electron chi connectivity index (χ4n) is 4.71. The fourth-order valence-corrected chi connectivity index (χ4v) is 4.71. The number of nitrogens with zero attached hydrogens (tertiary/aromatic N) is 2. The third-order valence-electron chi connectivity index (χ3n) is 5.89. The second-order valence-electron chi connectivity index (χ2n) is 7.33. The van der Waals surface area contributed by atoms with Crippen LogP contribution in [0, 0.1) is 5.92 Å². The summed E-state index contributed by atoms with van der Waals surface area (Å²) >= 11 is 0. The number of fused-ring (bicyclic) bond motifs is 1. The highest BCUT2D eigenvalue weighted by molar-refractivity contribution is 5.84. The van der Waals surface area contributed by atoms with Gasteiger partial charge in [0.2, 0.25) is 11.8 Å². The molecule has 6 nitrogen and oxygen atoms in total. The van der Waals surface area contributed by atoms with Crippen LogP contribution < -0.4 is 5.73 Å². The first-order valence-electron chi connectivity index (χ1n) is 9.12. The lowest BCUT2D eigenvalue weighted by atomic mass is 9.92. The maximum absolute atomic E-state index is 13.0. The Labute approximate surface area is 147 Å². The van der Waals surface area contributed by atoms with E-state index in [1.807, 2.05) is 35.2 Å². The Morgan fingerprint density at radius 3 is 2.52 bits per heavy atom. The van der Waals surface area contributed by atoms with Gasteiger partial charge in [0.05, 0.1) is 18.5 Å². The molecular weight excluding hydrogens is 318 g/mol. The van der Waals surface area contributed by atoms with Crippen molar-refractivity contribution >= 4 is 11.8 Å². The molecule has 6 heteroatoms. The maximum Gasteiger partial charge on any atom is 0.237 e. The van der Waals surface area contributed by atoms with Gasteiger partial charge in [-0.2, -0.15) is 0 Å². The second kappa shape index (κ2) is 6.77. The van der Waals surface area contributed by atoms with Crippen molar-refractivity contribution in [2.45, 2.75) is 37.4 Å². The normalized spacial score (nSPS) is 31.1. The van der Waals surface area contributed by atoms with Gasteiger partial charge >= 0.3 is 0 Å². The molecule has 3 aliphatic heterocycles. The number of primary amides is 1. The van der Waals surface area contributed by atoms with Crippen LogP contribution >= 0.6 is 0 Å². The quantitative estimate of drug-likeness (QED) is 0.886. The van der Waals surface area contributed by atoms with Crippen molar-refractivity contribution in [1.29, 1.82) is 0 Å². The molecule has 0 saturated carbocycles. The van der Waals surface area contributed by atoms with E-state index in [2.05, 4.69) is 4.90 Å². The van der Waals surface area contributed by atoms with Crippen molar-refractivity contribution in [3.63, 3.8) is 0 Å². The number of amides is 2. The van der Waals surface area contributed by atoms with Crippen LogP contribution in [0.1, 0.15) is 30.9 Å². The number of benzene rings is 1. The van der Waals surface area contributed by atoms with Gasteiger partial charge in [-0.1, -0.05) is 30.3 Å². The van der Waals surface area contributed by atoms with Gasteiger partial charge in [-0.3, -0.25) is 14.5 Å². The van der Waals surface area contributed by atoms with Crippen molar-refractivity contribution in [3.8, 4) is 0 Å². The SMILES string of the molecule is NC(=O)[C@@H]1C[C@@H]2CN(C3CCOCC3)CC(=O)N2[C@@H]1c1ccccc1. The predicted molar refractivity (Wildman–Crippen MR) is 92.5 cm³/mol. The number of ether oxygens (including phenoxy) is 1. The van der Waals surface area contributed by atoms with Crippen molar-refractivity contribution in [1.82, 2.24) is 9.80 Å². The number of nitrogens with two attached hydrogens (primary N) is 1. The van der Waals surface area contributed by atoms with E-state index >= 15 is 0 Å². The van der Waals surface area contributed by atoms with Gasteiger partial charge in [-0.05, 0) is 24.8 Å². The van der Waals surface area contributed by atoms with Crippen LogP contribution in [0.15, 0.2) is 30.3 Å². The van der Waals surface area contributed by atoms with E-state index in [1.165, 1.54) is 0 Å². The number of carbonyl (C=O) groups excluding carboxylic acids is 2. The van der Waals surface area contributed by atoms with Gasteiger partial charge < -0.3 is 15.4 Å². The maximum atomic E-state index is 13.0. The van der Waals surface area contributed by atoms with Crippen LogP contribution in [0.2, 0.25) is 0 Å². The zero-order valence-corrected chi connectivity index (χ0v) is 14.3. The van der Waals surface area contributed by atoms with Gasteiger partial charge in [0, 0.05) is 31.8 Å². The van der Waals surface area contributed by atoms with E-state index in [9.17, 15) is 9.59 Å². The van der Waals surface area contributed by atoms with Crippen LogP contribution in [0.5, 0.6) is 0 Å². The Kier molecular flexibility index (Phi) is 4.48. The summed E-state index contributed by atoms with van der Waals surface area (Å²) in [5.41, 5.74) is 6.70. The molecule has 3 heterocycles. The zero-order chi connectivity index (χ0) is 17.4. The molecule has 1 aromatic rings. The van der Waals surface area contributed by atoms with E-state index in [4.69, 9.17) is 10.5 Å². The van der Waals surface area contributed by atoms with Gasteiger partial charge in [0.1, 0.15) is 0 Å². The van der Waals surface area contributed by atoms with E-state index in [0.29, 0.717) is 19.0 Å². The monoisotopic (exact) mass is 343 g/mol. The highest BCUT2D eigenvalue weighted by atomic mass is 16.5. The minimum Gasteiger partial charge on any atom is -0.381 e. The summed E-state index contributed by atoms with van der Waals surface area (Å²) in [5, 5.41) is 0. The summed E-state index contributed by atoms with van der Waals surface area (Å²) in [6.07, 6.45) is 2.60. The molecule has 2 N–H and O–H groups in total. The van der Waals surface area contributed by atoms with Gasteiger partial charge in [-0.15, -0.1) is 0 Å². The van der Waals surface area contributed by atoms with Crippen molar-refractivity contribution in [2.75, 3.05) is 26.3 Å². The first kappa shape index (κ1) is 16.5. The Balaban J connectivity index is 1.59. The molecule has 3 saturated heterocycles. The van der Waals surface area contributed by atoms with E-state index in [1.54, 1.807) is 0 Å². The molecule has 0 aliphatic carbocycles. The van der Waals surface area contributed by atoms with Crippen LogP contribution in [0.4, 0.5) is 0 Å². The van der Waals surface area contributed by atoms with Gasteiger partial charge in [0.15, 0.2) is 0 Å². The minimum absolute atomic E-state index is 0.0619. The molecule has 3 fully saturated rings. The van der Waals surface area contributed by atoms with Crippen LogP contribution in [0.3, 0.4) is 0 Å². The summed E-state index contributed by atoms with van der Waals surface area (Å²) < 4.78 is 5.44. The predicted octanol–water partition coefficient (Wildman–Crippen LogP) is 0.925. The highest BCUT2D eigenvalue weighted by Gasteiger charge is 2.50. The summed E-state index contributed by atoms with van der Waals surface area (Å²) in [4.78, 5) is 29.3. The number of rotatable bonds is 3. The standard InChI is InChI=1S/C19H25N3O3/c20-19(24)16-10-15-11-21(14-6-8-25-9-7-14)12-17(23)22(15)18(16)13-4-2-1-3-5-13/h1-5,14-16,18H,6-12H2,(H2,20,24)/t15-,16-,18-/m1/s1. The molecule has 0 aromatic heterocycles. The number of hydrogen-bond acceptors (Lipinski definition) is 4. The molecule has 3 atom stereocenters. The summed E-state index contributed by atoms with van der Waals surface area (Å²) in [6.45, 7) is 2.78. The second-order valence-corrected chi connectivity index (χ2v) is 7.33. The highest BCUT2D eigenvalue weighted by Crippen LogP contribution is 2.43. The molecule has 0 spiro atoms. The lowest BCUT2D eigenvalue weighted by Crippen LogP contribution is -2.57. The minimum atomic E-state index is -0.314. The van der Waals surface area contributed by atoms with E-state index < -0.39 is 0 Å². The van der Waals surface area contributed by atoms with Gasteiger partial charge in [0.25, 0.3) is 0 Å².